The Morgan fingerprint density at radius 2 is 2.10 bits per heavy atom. The van der Waals surface area contributed by atoms with Gasteiger partial charge < -0.3 is 10.5 Å². The van der Waals surface area contributed by atoms with Gasteiger partial charge in [-0.1, -0.05) is 20.8 Å². The number of nitrogens with one attached hydrogen (secondary N) is 1. The Morgan fingerprint density at radius 1 is 1.43 bits per heavy atom. The zero-order valence-corrected chi connectivity index (χ0v) is 13.7. The van der Waals surface area contributed by atoms with Gasteiger partial charge in [0.25, 0.3) is 0 Å². The highest BCUT2D eigenvalue weighted by molar-refractivity contribution is 5.98. The lowest BCUT2D eigenvalue weighted by Crippen LogP contribution is -2.39. The van der Waals surface area contributed by atoms with Crippen molar-refractivity contribution in [3.05, 3.63) is 11.3 Å². The summed E-state index contributed by atoms with van der Waals surface area (Å²) >= 11 is 0. The standard InChI is InChI=1S/C16H26N4O/c1-9-12(13(17)18)14(20(5)19-9)21-11-8-10-6-7-16(11,4)15(10,2)3/h10-11H,6-8H2,1-5H3,(H3,17,18). The van der Waals surface area contributed by atoms with Gasteiger partial charge in [-0.3, -0.25) is 5.41 Å². The lowest BCUT2D eigenvalue weighted by atomic mass is 9.70. The molecule has 116 valence electrons. The van der Waals surface area contributed by atoms with Crippen molar-refractivity contribution < 1.29 is 4.74 Å². The molecule has 2 aliphatic carbocycles. The van der Waals surface area contributed by atoms with Gasteiger partial charge >= 0.3 is 0 Å². The van der Waals surface area contributed by atoms with E-state index in [0.29, 0.717) is 16.9 Å². The fraction of sp³-hybridized carbons (Fsp3) is 0.750. The third-order valence-corrected chi connectivity index (χ3v) is 6.41. The minimum atomic E-state index is 0.0307. The zero-order chi connectivity index (χ0) is 15.6. The van der Waals surface area contributed by atoms with Gasteiger partial charge in [0.05, 0.1) is 5.69 Å². The Hall–Kier alpha value is -1.52. The van der Waals surface area contributed by atoms with E-state index < -0.39 is 0 Å². The first-order valence-electron chi connectivity index (χ1n) is 7.73. The van der Waals surface area contributed by atoms with Crippen LogP contribution < -0.4 is 10.5 Å². The number of nitrogens with two attached hydrogens (primary N) is 1. The second-order valence-electron chi connectivity index (χ2n) is 7.52. The predicted octanol–water partition coefficient (Wildman–Crippen LogP) is 2.61. The molecule has 1 aromatic heterocycles. The Balaban J connectivity index is 1.95. The Kier molecular flexibility index (Phi) is 2.91. The zero-order valence-electron chi connectivity index (χ0n) is 13.7. The average molecular weight is 290 g/mol. The number of ether oxygens (including phenoxy) is 1. The molecule has 21 heavy (non-hydrogen) atoms. The highest BCUT2D eigenvalue weighted by Crippen LogP contribution is 2.66. The molecular weight excluding hydrogens is 264 g/mol. The molecule has 1 aromatic rings. The van der Waals surface area contributed by atoms with E-state index in [1.54, 1.807) is 4.68 Å². The van der Waals surface area contributed by atoms with Crippen molar-refractivity contribution in [2.75, 3.05) is 0 Å². The van der Waals surface area contributed by atoms with Crippen LogP contribution >= 0.6 is 0 Å². The molecule has 2 fully saturated rings. The number of aryl methyl sites for hydroxylation is 2. The molecule has 5 nitrogen and oxygen atoms in total. The number of hydrogen-bond donors (Lipinski definition) is 2. The minimum absolute atomic E-state index is 0.0307. The largest absolute Gasteiger partial charge is 0.473 e. The van der Waals surface area contributed by atoms with Crippen LogP contribution in [0.15, 0.2) is 0 Å². The molecule has 3 atom stereocenters. The predicted molar refractivity (Wildman–Crippen MR) is 82.6 cm³/mol. The van der Waals surface area contributed by atoms with Gasteiger partial charge in [-0.25, -0.2) is 4.68 Å². The molecule has 0 aromatic carbocycles. The van der Waals surface area contributed by atoms with Gasteiger partial charge in [-0.15, -0.1) is 0 Å². The van der Waals surface area contributed by atoms with Crippen LogP contribution in [-0.4, -0.2) is 21.7 Å². The van der Waals surface area contributed by atoms with Crippen LogP contribution in [0.5, 0.6) is 5.88 Å². The van der Waals surface area contributed by atoms with E-state index in [4.69, 9.17) is 15.9 Å². The van der Waals surface area contributed by atoms with Crippen molar-refractivity contribution in [2.24, 2.45) is 29.5 Å². The number of hydrogen-bond acceptors (Lipinski definition) is 3. The number of nitrogens with zero attached hydrogens (tertiary/aromatic N) is 2. The summed E-state index contributed by atoms with van der Waals surface area (Å²) in [6.45, 7) is 8.96. The third-order valence-electron chi connectivity index (χ3n) is 6.41. The first-order chi connectivity index (χ1) is 9.68. The lowest BCUT2D eigenvalue weighted by Gasteiger charge is -2.38. The summed E-state index contributed by atoms with van der Waals surface area (Å²) in [6.07, 6.45) is 3.78. The van der Waals surface area contributed by atoms with E-state index in [0.717, 1.165) is 18.0 Å². The van der Waals surface area contributed by atoms with Gasteiger partial charge in [0.15, 0.2) is 0 Å². The Morgan fingerprint density at radius 3 is 2.57 bits per heavy atom. The summed E-state index contributed by atoms with van der Waals surface area (Å²) in [7, 11) is 1.86. The van der Waals surface area contributed by atoms with Gasteiger partial charge in [0.1, 0.15) is 17.5 Å². The molecule has 0 amide bonds. The normalized spacial score (nSPS) is 33.4. The van der Waals surface area contributed by atoms with Gasteiger partial charge in [0.2, 0.25) is 5.88 Å². The Labute approximate surface area is 126 Å². The molecule has 3 N–H and O–H groups in total. The highest BCUT2D eigenvalue weighted by atomic mass is 16.5. The fourth-order valence-corrected chi connectivity index (χ4v) is 4.53. The molecule has 3 rings (SSSR count). The van der Waals surface area contributed by atoms with Gasteiger partial charge in [0, 0.05) is 12.5 Å². The maximum absolute atomic E-state index is 7.78. The number of rotatable bonds is 3. The van der Waals surface area contributed by atoms with Crippen LogP contribution in [0.3, 0.4) is 0 Å². The number of nitrogen functional groups attached to an aromatic ring is 1. The van der Waals surface area contributed by atoms with Crippen LogP contribution in [0, 0.1) is 29.1 Å². The van der Waals surface area contributed by atoms with Crippen molar-refractivity contribution in [3.63, 3.8) is 0 Å². The van der Waals surface area contributed by atoms with E-state index in [1.165, 1.54) is 12.8 Å². The fourth-order valence-electron chi connectivity index (χ4n) is 4.53. The van der Waals surface area contributed by atoms with Crippen molar-refractivity contribution in [1.29, 1.82) is 5.41 Å². The number of amidine groups is 1. The second kappa shape index (κ2) is 4.24. The smallest absolute Gasteiger partial charge is 0.223 e. The molecule has 0 saturated heterocycles. The maximum atomic E-state index is 7.78. The monoisotopic (exact) mass is 290 g/mol. The van der Waals surface area contributed by atoms with Crippen molar-refractivity contribution in [1.82, 2.24) is 9.78 Å². The summed E-state index contributed by atoms with van der Waals surface area (Å²) in [4.78, 5) is 0. The molecule has 2 saturated carbocycles. The van der Waals surface area contributed by atoms with E-state index in [1.807, 2.05) is 14.0 Å². The van der Waals surface area contributed by atoms with Crippen LogP contribution in [0.4, 0.5) is 0 Å². The summed E-state index contributed by atoms with van der Waals surface area (Å²) in [6, 6.07) is 0. The van der Waals surface area contributed by atoms with E-state index in [2.05, 4.69) is 25.9 Å². The lowest BCUT2D eigenvalue weighted by molar-refractivity contribution is 0.0246. The molecule has 2 bridgehead atoms. The summed E-state index contributed by atoms with van der Waals surface area (Å²) < 4.78 is 8.09. The topological polar surface area (TPSA) is 76.9 Å². The average Bonchev–Trinajstić information content (AvgIpc) is 2.84. The molecule has 0 spiro atoms. The van der Waals surface area contributed by atoms with Crippen molar-refractivity contribution in [2.45, 2.75) is 53.1 Å². The first kappa shape index (κ1) is 14.4. The maximum Gasteiger partial charge on any atom is 0.223 e. The number of aromatic nitrogens is 2. The molecule has 2 aliphatic rings. The summed E-state index contributed by atoms with van der Waals surface area (Å²) in [5.74, 6) is 1.40. The second-order valence-corrected chi connectivity index (χ2v) is 7.52. The van der Waals surface area contributed by atoms with Crippen LogP contribution in [0.25, 0.3) is 0 Å². The highest BCUT2D eigenvalue weighted by Gasteiger charge is 2.62. The Bertz CT molecular complexity index is 604. The van der Waals surface area contributed by atoms with Crippen LogP contribution in [0.2, 0.25) is 0 Å². The molecule has 3 unspecified atom stereocenters. The van der Waals surface area contributed by atoms with Crippen LogP contribution in [0.1, 0.15) is 51.3 Å². The summed E-state index contributed by atoms with van der Waals surface area (Å²) in [5.41, 5.74) is 7.60. The van der Waals surface area contributed by atoms with E-state index >= 15 is 0 Å². The van der Waals surface area contributed by atoms with E-state index in [-0.39, 0.29) is 17.4 Å². The summed E-state index contributed by atoms with van der Waals surface area (Å²) in [5, 5.41) is 12.1. The SMILES string of the molecule is Cc1nn(C)c(OC2CC3CCC2(C)C3(C)C)c1C(=N)N. The van der Waals surface area contributed by atoms with E-state index in [9.17, 15) is 0 Å². The van der Waals surface area contributed by atoms with Crippen molar-refractivity contribution >= 4 is 5.84 Å². The third kappa shape index (κ3) is 1.75. The number of fused-ring (bicyclic) bond motifs is 2. The van der Waals surface area contributed by atoms with Gasteiger partial charge in [-0.05, 0) is 37.5 Å². The first-order valence-corrected chi connectivity index (χ1v) is 7.73. The molecule has 0 aliphatic heterocycles. The minimum Gasteiger partial charge on any atom is -0.473 e. The van der Waals surface area contributed by atoms with Crippen LogP contribution in [-0.2, 0) is 7.05 Å². The quantitative estimate of drug-likeness (QED) is 0.663. The molecular formula is C16H26N4O. The van der Waals surface area contributed by atoms with Gasteiger partial charge in [-0.2, -0.15) is 5.10 Å². The molecule has 1 heterocycles. The molecule has 5 heteroatoms. The molecule has 0 radical (unpaired) electrons. The van der Waals surface area contributed by atoms with Crippen molar-refractivity contribution in [3.8, 4) is 5.88 Å².